The van der Waals surface area contributed by atoms with Gasteiger partial charge in [0.25, 0.3) is 0 Å². The van der Waals surface area contributed by atoms with Gasteiger partial charge in [0.1, 0.15) is 6.04 Å². The summed E-state index contributed by atoms with van der Waals surface area (Å²) in [5.41, 5.74) is 2.01. The highest BCUT2D eigenvalue weighted by Gasteiger charge is 2.42. The minimum Gasteiger partial charge on any atom is -0.398 e. The number of benzene rings is 1. The molecular weight excluding hydrogens is 702 g/mol. The van der Waals surface area contributed by atoms with E-state index in [1.807, 2.05) is 10.8 Å². The van der Waals surface area contributed by atoms with Crippen molar-refractivity contribution in [2.75, 3.05) is 70.0 Å². The van der Waals surface area contributed by atoms with E-state index in [0.29, 0.717) is 63.9 Å². The van der Waals surface area contributed by atoms with Crippen molar-refractivity contribution in [1.82, 2.24) is 30.2 Å². The van der Waals surface area contributed by atoms with Crippen molar-refractivity contribution < 1.29 is 40.7 Å². The first-order chi connectivity index (χ1) is 24.2. The molecule has 0 radical (unpaired) electrons. The average Bonchev–Trinajstić information content (AvgIpc) is 3.47. The second-order valence-electron chi connectivity index (χ2n) is 13.6. The zero-order chi connectivity index (χ0) is 36.5. The molecule has 51 heavy (non-hydrogen) atoms. The van der Waals surface area contributed by atoms with Gasteiger partial charge in [0.05, 0.1) is 22.5 Å². The van der Waals surface area contributed by atoms with Crippen LogP contribution in [0.5, 0.6) is 0 Å². The molecule has 6 rings (SSSR count). The van der Waals surface area contributed by atoms with Crippen LogP contribution in [0.15, 0.2) is 22.9 Å². The van der Waals surface area contributed by atoms with E-state index in [4.69, 9.17) is 5.73 Å². The Bertz CT molecular complexity index is 1550. The Morgan fingerprint density at radius 2 is 1.45 bits per heavy atom. The quantitative estimate of drug-likeness (QED) is 0.256. The van der Waals surface area contributed by atoms with Gasteiger partial charge in [0.15, 0.2) is 0 Å². The van der Waals surface area contributed by atoms with Crippen molar-refractivity contribution >= 4 is 40.7 Å². The predicted octanol–water partition coefficient (Wildman–Crippen LogP) is 4.44. The number of urea groups is 2. The fourth-order valence-electron chi connectivity index (χ4n) is 7.58. The average molecular weight is 745 g/mol. The van der Waals surface area contributed by atoms with Gasteiger partial charge in [-0.15, -0.1) is 11.3 Å². The number of piperidine rings is 2. The normalized spacial score (nSPS) is 20.8. The number of halogens is 6. The molecular formula is C33H42F6N8O3S. The second kappa shape index (κ2) is 15.1. The highest BCUT2D eigenvalue weighted by atomic mass is 32.1. The first-order valence-corrected chi connectivity index (χ1v) is 18.1. The maximum absolute atomic E-state index is 14.0. The molecule has 280 valence electrons. The Hall–Kier alpha value is -3.77. The molecule has 4 aliphatic rings. The smallest absolute Gasteiger partial charge is 0.398 e. The van der Waals surface area contributed by atoms with Crippen LogP contribution in [-0.2, 0) is 30.0 Å². The van der Waals surface area contributed by atoms with Gasteiger partial charge >= 0.3 is 24.4 Å². The van der Waals surface area contributed by atoms with Crippen LogP contribution in [0.1, 0.15) is 47.9 Å². The number of amides is 5. The molecule has 0 bridgehead atoms. The number of carbonyl (C=O) groups excluding carboxylic acids is 3. The first kappa shape index (κ1) is 37.0. The topological polar surface area (TPSA) is 126 Å². The highest BCUT2D eigenvalue weighted by molar-refractivity contribution is 7.08. The molecule has 4 aliphatic heterocycles. The maximum Gasteiger partial charge on any atom is 0.418 e. The summed E-state index contributed by atoms with van der Waals surface area (Å²) in [7, 11) is 0. The van der Waals surface area contributed by atoms with E-state index in [2.05, 4.69) is 20.9 Å². The van der Waals surface area contributed by atoms with Crippen molar-refractivity contribution in [1.29, 1.82) is 0 Å². The van der Waals surface area contributed by atoms with Gasteiger partial charge in [-0.1, -0.05) is 0 Å². The van der Waals surface area contributed by atoms with Crippen molar-refractivity contribution in [2.45, 2.75) is 69.0 Å². The predicted molar refractivity (Wildman–Crippen MR) is 179 cm³/mol. The Kier molecular flexibility index (Phi) is 10.9. The number of nitrogen functional groups attached to an aromatic ring is 1. The van der Waals surface area contributed by atoms with Crippen LogP contribution in [0, 0.1) is 0 Å². The third-order valence-corrected chi connectivity index (χ3v) is 11.2. The molecule has 11 nitrogen and oxygen atoms in total. The standard InChI is InChI=1S/C33H42F6N8O3S/c34-32(35,36)24-15-20(16-25(28(24)40)33(37,38)39)17-26(29(48)45-8-2-22(3-9-45)44-13-6-41-7-14-44)42-30(49)46-10-4-23(5-11-46)47-12-1-21-18-51-19-27(21)43-31(47)50/h15-16,18-19,22-23,26,41H,1-14,17,40H2,(H,42,49)(H,43,50)/t26-/m1/s1. The van der Waals surface area contributed by atoms with E-state index >= 15 is 0 Å². The monoisotopic (exact) mass is 744 g/mol. The molecule has 0 unspecified atom stereocenters. The SMILES string of the molecule is Nc1c(C(F)(F)F)cc(C[C@@H](NC(=O)N2CCC(N3CCc4cscc4NC3=O)CC2)C(=O)N2CCC(N3CCNCC3)CC2)cc1C(F)(F)F. The van der Waals surface area contributed by atoms with Gasteiger partial charge in [-0.05, 0) is 60.7 Å². The number of piperazine rings is 1. The number of nitrogens with one attached hydrogen (secondary N) is 3. The fraction of sp³-hybridized carbons (Fsp3) is 0.606. The number of rotatable bonds is 6. The third kappa shape index (κ3) is 8.49. The number of thiophene rings is 1. The van der Waals surface area contributed by atoms with Crippen LogP contribution in [0.4, 0.5) is 47.3 Å². The fourth-order valence-corrected chi connectivity index (χ4v) is 8.40. The number of alkyl halides is 6. The number of likely N-dealkylation sites (tertiary alicyclic amines) is 2. The van der Waals surface area contributed by atoms with Crippen LogP contribution in [0.3, 0.4) is 0 Å². The van der Waals surface area contributed by atoms with E-state index < -0.39 is 59.1 Å². The summed E-state index contributed by atoms with van der Waals surface area (Å²) in [6.07, 6.45) is -8.09. The molecule has 1 aromatic heterocycles. The van der Waals surface area contributed by atoms with Gasteiger partial charge in [-0.25, -0.2) is 9.59 Å². The number of fused-ring (bicyclic) bond motifs is 1. The molecule has 5 amide bonds. The summed E-state index contributed by atoms with van der Waals surface area (Å²) in [4.78, 5) is 47.7. The second-order valence-corrected chi connectivity index (χ2v) is 14.3. The molecule has 0 spiro atoms. The largest absolute Gasteiger partial charge is 0.418 e. The van der Waals surface area contributed by atoms with E-state index in [0.717, 1.165) is 37.4 Å². The number of nitrogens with zero attached hydrogens (tertiary/aromatic N) is 4. The lowest BCUT2D eigenvalue weighted by Gasteiger charge is -2.41. The number of nitrogens with two attached hydrogens (primary N) is 1. The summed E-state index contributed by atoms with van der Waals surface area (Å²) in [6.45, 7) is 5.08. The molecule has 2 aromatic rings. The van der Waals surface area contributed by atoms with Gasteiger partial charge < -0.3 is 36.4 Å². The van der Waals surface area contributed by atoms with Crippen molar-refractivity contribution in [3.05, 3.63) is 45.1 Å². The molecule has 1 aromatic carbocycles. The van der Waals surface area contributed by atoms with Gasteiger partial charge in [-0.2, -0.15) is 26.3 Å². The van der Waals surface area contributed by atoms with Crippen molar-refractivity contribution in [2.24, 2.45) is 0 Å². The molecule has 0 aliphatic carbocycles. The molecule has 3 saturated heterocycles. The molecule has 1 atom stereocenters. The summed E-state index contributed by atoms with van der Waals surface area (Å²) in [5.74, 6) is -0.579. The van der Waals surface area contributed by atoms with Crippen LogP contribution >= 0.6 is 11.3 Å². The van der Waals surface area contributed by atoms with E-state index in [-0.39, 0.29) is 31.2 Å². The Balaban J connectivity index is 1.17. The minimum absolute atomic E-state index is 0.146. The zero-order valence-electron chi connectivity index (χ0n) is 27.9. The molecule has 18 heteroatoms. The Labute approximate surface area is 295 Å². The zero-order valence-corrected chi connectivity index (χ0v) is 28.7. The number of anilines is 2. The van der Waals surface area contributed by atoms with Gasteiger partial charge in [-0.3, -0.25) is 9.69 Å². The van der Waals surface area contributed by atoms with Crippen LogP contribution in [0.2, 0.25) is 0 Å². The van der Waals surface area contributed by atoms with Crippen LogP contribution in [-0.4, -0.2) is 115 Å². The van der Waals surface area contributed by atoms with Crippen molar-refractivity contribution in [3.63, 3.8) is 0 Å². The molecule has 5 heterocycles. The number of hydrogen-bond donors (Lipinski definition) is 4. The van der Waals surface area contributed by atoms with Gasteiger partial charge in [0.2, 0.25) is 5.91 Å². The van der Waals surface area contributed by atoms with Gasteiger partial charge in [0, 0.05) is 82.8 Å². The summed E-state index contributed by atoms with van der Waals surface area (Å²) < 4.78 is 83.1. The number of carbonyl (C=O) groups is 3. The summed E-state index contributed by atoms with van der Waals surface area (Å²) in [6, 6.07) is -1.19. The van der Waals surface area contributed by atoms with Crippen LogP contribution in [0.25, 0.3) is 0 Å². The molecule has 3 fully saturated rings. The minimum atomic E-state index is -5.19. The van der Waals surface area contributed by atoms with Crippen molar-refractivity contribution in [3.8, 4) is 0 Å². The third-order valence-electron chi connectivity index (χ3n) is 10.4. The summed E-state index contributed by atoms with van der Waals surface area (Å²) in [5, 5.41) is 12.8. The molecule has 5 N–H and O–H groups in total. The lowest BCUT2D eigenvalue weighted by molar-refractivity contribution is -0.141. The highest BCUT2D eigenvalue weighted by Crippen LogP contribution is 2.42. The van der Waals surface area contributed by atoms with Crippen LogP contribution < -0.4 is 21.7 Å². The van der Waals surface area contributed by atoms with E-state index in [9.17, 15) is 40.7 Å². The first-order valence-electron chi connectivity index (χ1n) is 17.2. The van der Waals surface area contributed by atoms with E-state index in [1.165, 1.54) is 21.1 Å². The van der Waals surface area contributed by atoms with E-state index in [1.54, 1.807) is 4.90 Å². The summed E-state index contributed by atoms with van der Waals surface area (Å²) >= 11 is 1.51. The maximum atomic E-state index is 14.0. The lowest BCUT2D eigenvalue weighted by Crippen LogP contribution is -2.58. The Morgan fingerprint density at radius 3 is 2.06 bits per heavy atom. The molecule has 0 saturated carbocycles. The Morgan fingerprint density at radius 1 is 0.863 bits per heavy atom. The number of hydrogen-bond acceptors (Lipinski definition) is 7. The lowest BCUT2D eigenvalue weighted by atomic mass is 9.96.